The van der Waals surface area contributed by atoms with E-state index in [0.29, 0.717) is 43.4 Å². The third kappa shape index (κ3) is 4.26. The lowest BCUT2D eigenvalue weighted by Crippen LogP contribution is -2.53. The molecule has 0 radical (unpaired) electrons. The van der Waals surface area contributed by atoms with Crippen LogP contribution in [0.15, 0.2) is 54.6 Å². The Kier molecular flexibility index (Phi) is 5.90. The minimum absolute atomic E-state index is 0.0407. The zero-order valence-corrected chi connectivity index (χ0v) is 17.2. The lowest BCUT2D eigenvalue weighted by molar-refractivity contribution is -0.137. The molecule has 2 aliphatic rings. The van der Waals surface area contributed by atoms with Gasteiger partial charge in [-0.1, -0.05) is 41.9 Å². The highest BCUT2D eigenvalue weighted by Crippen LogP contribution is 2.31. The molecule has 0 saturated carbocycles. The normalized spacial score (nSPS) is 19.2. The van der Waals surface area contributed by atoms with Crippen molar-refractivity contribution < 1.29 is 14.4 Å². The zero-order chi connectivity index (χ0) is 21.1. The van der Waals surface area contributed by atoms with Gasteiger partial charge in [0, 0.05) is 44.8 Å². The number of hydrogen-bond donors (Lipinski definition) is 1. The van der Waals surface area contributed by atoms with Crippen LogP contribution in [0.2, 0.25) is 5.02 Å². The highest BCUT2D eigenvalue weighted by Gasteiger charge is 2.38. The third-order valence-electron chi connectivity index (χ3n) is 5.52. The molecular weight excluding hydrogens is 404 g/mol. The maximum absolute atomic E-state index is 13.0. The predicted molar refractivity (Wildman–Crippen MR) is 116 cm³/mol. The van der Waals surface area contributed by atoms with Crippen LogP contribution in [0.3, 0.4) is 0 Å². The molecule has 156 valence electrons. The van der Waals surface area contributed by atoms with Gasteiger partial charge in [-0.2, -0.15) is 0 Å². The van der Waals surface area contributed by atoms with Gasteiger partial charge in [-0.3, -0.25) is 9.59 Å². The Bertz CT molecular complexity index is 944. The van der Waals surface area contributed by atoms with Crippen molar-refractivity contribution in [3.8, 4) is 0 Å². The molecule has 2 fully saturated rings. The Morgan fingerprint density at radius 3 is 2.23 bits per heavy atom. The standard InChI is InChI=1S/C22H23ClN4O3/c23-18-8-4-5-9-19(18)27-15-16(14-20(27)28)21(29)25-10-12-26(13-11-25)22(30)24-17-6-2-1-3-7-17/h1-9,16H,10-15H2,(H,24,30). The summed E-state index contributed by atoms with van der Waals surface area (Å²) in [5.74, 6) is -0.526. The summed E-state index contributed by atoms with van der Waals surface area (Å²) in [6.45, 7) is 2.16. The van der Waals surface area contributed by atoms with Crippen molar-refractivity contribution in [3.05, 3.63) is 59.6 Å². The van der Waals surface area contributed by atoms with E-state index < -0.39 is 5.92 Å². The average Bonchev–Trinajstić information content (AvgIpc) is 3.15. The summed E-state index contributed by atoms with van der Waals surface area (Å²) < 4.78 is 0. The van der Waals surface area contributed by atoms with E-state index in [1.54, 1.807) is 26.8 Å². The molecule has 30 heavy (non-hydrogen) atoms. The Morgan fingerprint density at radius 1 is 0.900 bits per heavy atom. The predicted octanol–water partition coefficient (Wildman–Crippen LogP) is 3.07. The Balaban J connectivity index is 1.32. The van der Waals surface area contributed by atoms with E-state index >= 15 is 0 Å². The van der Waals surface area contributed by atoms with Gasteiger partial charge in [-0.25, -0.2) is 4.79 Å². The molecule has 8 heteroatoms. The first-order chi connectivity index (χ1) is 14.5. The summed E-state index contributed by atoms with van der Waals surface area (Å²) in [7, 11) is 0. The lowest BCUT2D eigenvalue weighted by atomic mass is 10.1. The van der Waals surface area contributed by atoms with E-state index in [-0.39, 0.29) is 24.3 Å². The molecule has 0 spiro atoms. The van der Waals surface area contributed by atoms with Crippen molar-refractivity contribution in [1.29, 1.82) is 0 Å². The molecule has 2 saturated heterocycles. The molecule has 2 aromatic carbocycles. The number of carbonyl (C=O) groups excluding carboxylic acids is 3. The van der Waals surface area contributed by atoms with Crippen molar-refractivity contribution in [2.45, 2.75) is 6.42 Å². The van der Waals surface area contributed by atoms with Crippen LogP contribution in [-0.2, 0) is 9.59 Å². The van der Waals surface area contributed by atoms with Gasteiger partial charge in [0.05, 0.1) is 16.6 Å². The second-order valence-corrected chi connectivity index (χ2v) is 7.87. The summed E-state index contributed by atoms with van der Waals surface area (Å²) in [5.41, 5.74) is 1.38. The molecule has 4 rings (SSSR count). The van der Waals surface area contributed by atoms with Gasteiger partial charge in [-0.15, -0.1) is 0 Å². The largest absolute Gasteiger partial charge is 0.339 e. The van der Waals surface area contributed by atoms with Crippen LogP contribution < -0.4 is 10.2 Å². The number of para-hydroxylation sites is 2. The molecule has 1 unspecified atom stereocenters. The molecule has 4 amide bonds. The van der Waals surface area contributed by atoms with Gasteiger partial charge < -0.3 is 20.0 Å². The van der Waals surface area contributed by atoms with Crippen LogP contribution >= 0.6 is 11.6 Å². The van der Waals surface area contributed by atoms with E-state index in [1.165, 1.54) is 0 Å². The number of urea groups is 1. The molecule has 1 atom stereocenters. The lowest BCUT2D eigenvalue weighted by Gasteiger charge is -2.35. The van der Waals surface area contributed by atoms with Gasteiger partial charge in [0.1, 0.15) is 0 Å². The first-order valence-corrected chi connectivity index (χ1v) is 10.4. The number of halogens is 1. The van der Waals surface area contributed by atoms with Crippen molar-refractivity contribution in [2.24, 2.45) is 5.92 Å². The molecule has 0 aliphatic carbocycles. The number of amides is 4. The van der Waals surface area contributed by atoms with Crippen LogP contribution in [0.1, 0.15) is 6.42 Å². The summed E-state index contributed by atoms with van der Waals surface area (Å²) in [4.78, 5) is 42.9. The SMILES string of the molecule is O=C(Nc1ccccc1)N1CCN(C(=O)C2CC(=O)N(c3ccccc3Cl)C2)CC1. The third-order valence-corrected chi connectivity index (χ3v) is 5.84. The van der Waals surface area contributed by atoms with Crippen LogP contribution in [0, 0.1) is 5.92 Å². The number of carbonyl (C=O) groups is 3. The summed E-state index contributed by atoms with van der Waals surface area (Å²) >= 11 is 6.22. The molecule has 0 aromatic heterocycles. The number of piperazine rings is 1. The fourth-order valence-electron chi connectivity index (χ4n) is 3.89. The number of rotatable bonds is 3. The van der Waals surface area contributed by atoms with E-state index in [1.807, 2.05) is 42.5 Å². The topological polar surface area (TPSA) is 73.0 Å². The van der Waals surface area contributed by atoms with Gasteiger partial charge >= 0.3 is 6.03 Å². The van der Waals surface area contributed by atoms with Crippen molar-refractivity contribution in [3.63, 3.8) is 0 Å². The molecule has 2 aromatic rings. The number of hydrogen-bond acceptors (Lipinski definition) is 3. The van der Waals surface area contributed by atoms with Crippen molar-refractivity contribution in [2.75, 3.05) is 42.9 Å². The number of anilines is 2. The number of nitrogens with zero attached hydrogens (tertiary/aromatic N) is 3. The molecule has 0 bridgehead atoms. The number of benzene rings is 2. The summed E-state index contributed by atoms with van der Waals surface area (Å²) in [6, 6.07) is 16.3. The Hall–Kier alpha value is -3.06. The minimum Gasteiger partial charge on any atom is -0.339 e. The quantitative estimate of drug-likeness (QED) is 0.819. The zero-order valence-electron chi connectivity index (χ0n) is 16.5. The monoisotopic (exact) mass is 426 g/mol. The van der Waals surface area contributed by atoms with Gasteiger partial charge in [0.15, 0.2) is 0 Å². The highest BCUT2D eigenvalue weighted by molar-refractivity contribution is 6.33. The first-order valence-electron chi connectivity index (χ1n) is 9.97. The van der Waals surface area contributed by atoms with E-state index in [0.717, 1.165) is 5.69 Å². The van der Waals surface area contributed by atoms with Gasteiger partial charge in [0.25, 0.3) is 0 Å². The fraction of sp³-hybridized carbons (Fsp3) is 0.318. The summed E-state index contributed by atoms with van der Waals surface area (Å²) in [6.07, 6.45) is 0.179. The van der Waals surface area contributed by atoms with Crippen LogP contribution in [0.5, 0.6) is 0 Å². The minimum atomic E-state index is -0.390. The van der Waals surface area contributed by atoms with Crippen LogP contribution in [0.25, 0.3) is 0 Å². The van der Waals surface area contributed by atoms with Gasteiger partial charge in [0.2, 0.25) is 11.8 Å². The Labute approximate surface area is 180 Å². The highest BCUT2D eigenvalue weighted by atomic mass is 35.5. The summed E-state index contributed by atoms with van der Waals surface area (Å²) in [5, 5.41) is 3.36. The van der Waals surface area contributed by atoms with Crippen molar-refractivity contribution in [1.82, 2.24) is 9.80 Å². The van der Waals surface area contributed by atoms with Crippen molar-refractivity contribution >= 4 is 40.8 Å². The first kappa shape index (κ1) is 20.2. The average molecular weight is 427 g/mol. The molecule has 7 nitrogen and oxygen atoms in total. The van der Waals surface area contributed by atoms with E-state index in [9.17, 15) is 14.4 Å². The van der Waals surface area contributed by atoms with Gasteiger partial charge in [-0.05, 0) is 24.3 Å². The van der Waals surface area contributed by atoms with E-state index in [4.69, 9.17) is 11.6 Å². The smallest absolute Gasteiger partial charge is 0.321 e. The maximum atomic E-state index is 13.0. The fourth-order valence-corrected chi connectivity index (χ4v) is 4.13. The maximum Gasteiger partial charge on any atom is 0.321 e. The molecule has 2 aliphatic heterocycles. The molecule has 1 N–H and O–H groups in total. The van der Waals surface area contributed by atoms with Crippen LogP contribution in [0.4, 0.5) is 16.2 Å². The number of nitrogens with one attached hydrogen (secondary N) is 1. The second-order valence-electron chi connectivity index (χ2n) is 7.47. The van der Waals surface area contributed by atoms with E-state index in [2.05, 4.69) is 5.32 Å². The second kappa shape index (κ2) is 8.75. The van der Waals surface area contributed by atoms with Crippen LogP contribution in [-0.4, -0.2) is 60.4 Å². The molecular formula is C22H23ClN4O3. The molecule has 2 heterocycles. The Morgan fingerprint density at radius 2 is 1.53 bits per heavy atom.